The molecule has 3 heterocycles. The summed E-state index contributed by atoms with van der Waals surface area (Å²) in [6, 6.07) is 18.3. The summed E-state index contributed by atoms with van der Waals surface area (Å²) in [4.78, 5) is 32.8. The topological polar surface area (TPSA) is 93.5 Å². The Morgan fingerprint density at radius 2 is 1.66 bits per heavy atom. The highest BCUT2D eigenvalue weighted by atomic mass is 32.2. The van der Waals surface area contributed by atoms with Crippen LogP contribution in [0.3, 0.4) is 0 Å². The Balaban J connectivity index is 1.31. The second kappa shape index (κ2) is 10.3. The van der Waals surface area contributed by atoms with Gasteiger partial charge in [0.25, 0.3) is 0 Å². The quantitative estimate of drug-likeness (QED) is 0.382. The molecular weight excluding hydrogens is 464 g/mol. The molecule has 2 aromatic carbocycles. The zero-order chi connectivity index (χ0) is 24.2. The zero-order valence-electron chi connectivity index (χ0n) is 19.5. The molecule has 1 aliphatic rings. The first-order valence-electron chi connectivity index (χ1n) is 11.6. The van der Waals surface area contributed by atoms with Crippen LogP contribution in [0.4, 0.5) is 4.79 Å². The number of rotatable bonds is 6. The summed E-state index contributed by atoms with van der Waals surface area (Å²) >= 11 is 1.28. The van der Waals surface area contributed by atoms with Crippen molar-refractivity contribution in [3.63, 3.8) is 0 Å². The number of piperazine rings is 1. The van der Waals surface area contributed by atoms with Crippen LogP contribution in [-0.2, 0) is 16.1 Å². The molecule has 0 aliphatic carbocycles. The van der Waals surface area contributed by atoms with Crippen LogP contribution < -0.4 is 0 Å². The van der Waals surface area contributed by atoms with Gasteiger partial charge in [0.15, 0.2) is 5.65 Å². The van der Waals surface area contributed by atoms with E-state index in [-0.39, 0.29) is 17.8 Å². The van der Waals surface area contributed by atoms with E-state index in [1.807, 2.05) is 36.4 Å². The highest BCUT2D eigenvalue weighted by Crippen LogP contribution is 2.28. The zero-order valence-corrected chi connectivity index (χ0v) is 20.3. The number of aromatic nitrogens is 4. The molecule has 0 bridgehead atoms. The van der Waals surface area contributed by atoms with Gasteiger partial charge in [-0.2, -0.15) is 0 Å². The van der Waals surface area contributed by atoms with Gasteiger partial charge in [0.1, 0.15) is 5.52 Å². The number of thioether (sulfide) groups is 1. The first kappa shape index (κ1) is 23.1. The van der Waals surface area contributed by atoms with E-state index in [1.54, 1.807) is 16.7 Å². The minimum atomic E-state index is -0.326. The fourth-order valence-corrected chi connectivity index (χ4v) is 4.93. The van der Waals surface area contributed by atoms with Gasteiger partial charge in [0.05, 0.1) is 17.9 Å². The minimum Gasteiger partial charge on any atom is -0.450 e. The van der Waals surface area contributed by atoms with Crippen molar-refractivity contribution < 1.29 is 14.3 Å². The lowest BCUT2D eigenvalue weighted by Gasteiger charge is -2.33. The van der Waals surface area contributed by atoms with Crippen LogP contribution in [-0.4, -0.2) is 80.1 Å². The van der Waals surface area contributed by atoms with Crippen LogP contribution in [0.15, 0.2) is 59.8 Å². The van der Waals surface area contributed by atoms with Crippen LogP contribution in [0.2, 0.25) is 0 Å². The van der Waals surface area contributed by atoms with Gasteiger partial charge in [-0.15, -0.1) is 10.2 Å². The lowest BCUT2D eigenvalue weighted by atomic mass is 10.2. The van der Waals surface area contributed by atoms with Gasteiger partial charge < -0.3 is 19.1 Å². The van der Waals surface area contributed by atoms with Crippen molar-refractivity contribution in [2.75, 3.05) is 38.5 Å². The normalized spacial score (nSPS) is 14.0. The Morgan fingerprint density at radius 1 is 0.943 bits per heavy atom. The maximum absolute atomic E-state index is 12.8. The summed E-state index contributed by atoms with van der Waals surface area (Å²) in [5.74, 6) is 0.206. The molecule has 1 saturated heterocycles. The third-order valence-corrected chi connectivity index (χ3v) is 6.84. The second-order valence-electron chi connectivity index (χ2n) is 8.21. The molecule has 4 aromatic rings. The highest BCUT2D eigenvalue weighted by molar-refractivity contribution is 7.99. The lowest BCUT2D eigenvalue weighted by Crippen LogP contribution is -2.51. The third-order valence-electron chi connectivity index (χ3n) is 6.02. The molecule has 1 aliphatic heterocycles. The maximum atomic E-state index is 12.8. The van der Waals surface area contributed by atoms with Gasteiger partial charge in [0.2, 0.25) is 11.1 Å². The monoisotopic (exact) mass is 490 g/mol. The summed E-state index contributed by atoms with van der Waals surface area (Å²) < 4.78 is 7.19. The average Bonchev–Trinajstić information content (AvgIpc) is 3.21. The molecule has 10 heteroatoms. The standard InChI is InChI=1S/C25H26N6O3S/c1-2-34-25(33)30-14-12-29(13-15-30)21(32)17-35-24-26-23-22(27-28-24)19-10-6-7-11-20(19)31(23)16-18-8-4-3-5-9-18/h3-11H,2,12-17H2,1H3. The average molecular weight is 491 g/mol. The Kier molecular flexibility index (Phi) is 6.80. The van der Waals surface area contributed by atoms with E-state index in [4.69, 9.17) is 9.72 Å². The summed E-state index contributed by atoms with van der Waals surface area (Å²) in [7, 11) is 0. The van der Waals surface area contributed by atoms with E-state index in [9.17, 15) is 9.59 Å². The van der Waals surface area contributed by atoms with Crippen molar-refractivity contribution >= 4 is 45.8 Å². The predicted octanol–water partition coefficient (Wildman–Crippen LogP) is 3.42. The number of ether oxygens (including phenoxy) is 1. The molecular formula is C25H26N6O3S. The summed E-state index contributed by atoms with van der Waals surface area (Å²) in [6.45, 7) is 4.71. The molecule has 0 unspecified atom stereocenters. The van der Waals surface area contributed by atoms with Crippen molar-refractivity contribution in [1.82, 2.24) is 29.5 Å². The molecule has 0 radical (unpaired) electrons. The molecule has 180 valence electrons. The highest BCUT2D eigenvalue weighted by Gasteiger charge is 2.25. The van der Waals surface area contributed by atoms with E-state index in [2.05, 4.69) is 33.0 Å². The van der Waals surface area contributed by atoms with Crippen LogP contribution in [0.1, 0.15) is 12.5 Å². The Bertz CT molecular complexity index is 1350. The fraction of sp³-hybridized carbons (Fsp3) is 0.320. The Labute approximate surface area is 207 Å². The molecule has 0 spiro atoms. The van der Waals surface area contributed by atoms with Crippen LogP contribution in [0.5, 0.6) is 0 Å². The van der Waals surface area contributed by atoms with Gasteiger partial charge in [0, 0.05) is 38.1 Å². The third kappa shape index (κ3) is 4.93. The van der Waals surface area contributed by atoms with Crippen molar-refractivity contribution in [2.24, 2.45) is 0 Å². The smallest absolute Gasteiger partial charge is 0.409 e. The lowest BCUT2D eigenvalue weighted by molar-refractivity contribution is -0.129. The minimum absolute atomic E-state index is 0.00737. The number of hydrogen-bond acceptors (Lipinski definition) is 7. The first-order valence-corrected chi connectivity index (χ1v) is 12.6. The Hall–Kier alpha value is -3.66. The van der Waals surface area contributed by atoms with E-state index in [0.717, 1.165) is 22.1 Å². The second-order valence-corrected chi connectivity index (χ2v) is 9.15. The predicted molar refractivity (Wildman–Crippen MR) is 134 cm³/mol. The van der Waals surface area contributed by atoms with E-state index < -0.39 is 0 Å². The SMILES string of the molecule is CCOC(=O)N1CCN(C(=O)CSc2nnc3c4ccccc4n(Cc4ccccc4)c3n2)CC1. The molecule has 0 N–H and O–H groups in total. The molecule has 5 rings (SSSR count). The number of carbonyl (C=O) groups is 2. The fourth-order valence-electron chi connectivity index (χ4n) is 4.25. The number of fused-ring (bicyclic) bond motifs is 3. The van der Waals surface area contributed by atoms with Crippen molar-refractivity contribution in [3.8, 4) is 0 Å². The van der Waals surface area contributed by atoms with Gasteiger partial charge in [-0.25, -0.2) is 9.78 Å². The van der Waals surface area contributed by atoms with E-state index in [1.165, 1.54) is 17.3 Å². The largest absolute Gasteiger partial charge is 0.450 e. The van der Waals surface area contributed by atoms with Gasteiger partial charge in [-0.1, -0.05) is 60.3 Å². The molecule has 2 aromatic heterocycles. The van der Waals surface area contributed by atoms with Gasteiger partial charge in [-0.3, -0.25) is 4.79 Å². The number of para-hydroxylation sites is 1. The van der Waals surface area contributed by atoms with Crippen LogP contribution >= 0.6 is 11.8 Å². The van der Waals surface area contributed by atoms with Gasteiger partial charge in [-0.05, 0) is 18.6 Å². The molecule has 0 atom stereocenters. The first-order chi connectivity index (χ1) is 17.1. The maximum Gasteiger partial charge on any atom is 0.409 e. The molecule has 35 heavy (non-hydrogen) atoms. The summed E-state index contributed by atoms with van der Waals surface area (Å²) in [5.41, 5.74) is 3.72. The molecule has 0 saturated carbocycles. The number of hydrogen-bond donors (Lipinski definition) is 0. The molecule has 2 amide bonds. The number of nitrogens with zero attached hydrogens (tertiary/aromatic N) is 6. The van der Waals surface area contributed by atoms with Crippen LogP contribution in [0.25, 0.3) is 22.1 Å². The Morgan fingerprint density at radius 3 is 2.43 bits per heavy atom. The number of carbonyl (C=O) groups excluding carboxylic acids is 2. The summed E-state index contributed by atoms with van der Waals surface area (Å²) in [6.07, 6.45) is -0.326. The molecule has 1 fully saturated rings. The summed E-state index contributed by atoms with van der Waals surface area (Å²) in [5, 5.41) is 10.2. The number of benzene rings is 2. The number of amides is 2. The van der Waals surface area contributed by atoms with Gasteiger partial charge >= 0.3 is 6.09 Å². The van der Waals surface area contributed by atoms with E-state index in [0.29, 0.717) is 44.5 Å². The molecule has 9 nitrogen and oxygen atoms in total. The van der Waals surface area contributed by atoms with E-state index >= 15 is 0 Å². The van der Waals surface area contributed by atoms with Crippen molar-refractivity contribution in [2.45, 2.75) is 18.6 Å². The van der Waals surface area contributed by atoms with Crippen LogP contribution in [0, 0.1) is 0 Å². The van der Waals surface area contributed by atoms with Crippen molar-refractivity contribution in [1.29, 1.82) is 0 Å². The van der Waals surface area contributed by atoms with Crippen molar-refractivity contribution in [3.05, 3.63) is 60.2 Å².